The Morgan fingerprint density at radius 1 is 0.949 bits per heavy atom. The van der Waals surface area contributed by atoms with Crippen molar-refractivity contribution in [2.75, 3.05) is 26.2 Å². The summed E-state index contributed by atoms with van der Waals surface area (Å²) in [6.07, 6.45) is -2.48. The van der Waals surface area contributed by atoms with Gasteiger partial charge in [0, 0.05) is 31.6 Å². The molecule has 3 aromatic rings. The van der Waals surface area contributed by atoms with Crippen LogP contribution in [0.3, 0.4) is 0 Å². The van der Waals surface area contributed by atoms with Gasteiger partial charge in [0.25, 0.3) is 0 Å². The molecule has 208 valence electrons. The van der Waals surface area contributed by atoms with Crippen molar-refractivity contribution in [3.8, 4) is 16.9 Å². The van der Waals surface area contributed by atoms with Crippen LogP contribution in [0.4, 0.5) is 4.39 Å². The highest BCUT2D eigenvalue weighted by atomic mass is 32.2. The smallest absolute Gasteiger partial charge is 0.244 e. The minimum atomic E-state index is -4.03. The maximum atomic E-state index is 13.5. The van der Waals surface area contributed by atoms with Crippen molar-refractivity contribution in [1.29, 1.82) is 0 Å². The minimum absolute atomic E-state index is 0.0396. The topological polar surface area (TPSA) is 119 Å². The van der Waals surface area contributed by atoms with Gasteiger partial charge in [0.15, 0.2) is 0 Å². The zero-order valence-corrected chi connectivity index (χ0v) is 22.2. The zero-order chi connectivity index (χ0) is 27.6. The summed E-state index contributed by atoms with van der Waals surface area (Å²) in [4.78, 5) is 1.89. The summed E-state index contributed by atoms with van der Waals surface area (Å²) in [6, 6.07) is 20.4. The molecule has 5 rings (SSSR count). The largest absolute Gasteiger partial charge is 0.492 e. The van der Waals surface area contributed by atoms with Crippen LogP contribution in [0.1, 0.15) is 18.4 Å². The van der Waals surface area contributed by atoms with Crippen molar-refractivity contribution in [1.82, 2.24) is 9.62 Å². The number of halogens is 1. The molecule has 1 saturated carbocycles. The van der Waals surface area contributed by atoms with Gasteiger partial charge in [-0.3, -0.25) is 4.90 Å². The average molecular weight is 557 g/mol. The maximum Gasteiger partial charge on any atom is 0.244 e. The van der Waals surface area contributed by atoms with Gasteiger partial charge in [0.05, 0.1) is 24.9 Å². The number of benzene rings is 3. The number of aliphatic hydroxyl groups excluding tert-OH is 3. The van der Waals surface area contributed by atoms with E-state index in [2.05, 4.69) is 4.72 Å². The molecule has 1 unspecified atom stereocenters. The lowest BCUT2D eigenvalue weighted by molar-refractivity contribution is 0.0427. The van der Waals surface area contributed by atoms with Crippen LogP contribution in [0, 0.1) is 11.2 Å². The van der Waals surface area contributed by atoms with Gasteiger partial charge in [-0.2, -0.15) is 0 Å². The van der Waals surface area contributed by atoms with Crippen LogP contribution in [-0.2, 0) is 16.6 Å². The van der Waals surface area contributed by atoms with Crippen molar-refractivity contribution in [3.05, 3.63) is 84.2 Å². The monoisotopic (exact) mass is 556 g/mol. The van der Waals surface area contributed by atoms with Crippen LogP contribution in [0.15, 0.2) is 77.7 Å². The SMILES string of the molecule is O=S1(=O)NC[C@H](O)CN(Cc2ccc(F)cc2)CC2(COc3cc(-c4ccccc4)ccc31)C[C@@H](O)[C@@H](O)C2. The van der Waals surface area contributed by atoms with Gasteiger partial charge < -0.3 is 20.1 Å². The van der Waals surface area contributed by atoms with Crippen LogP contribution in [-0.4, -0.2) is 73.2 Å². The van der Waals surface area contributed by atoms with E-state index >= 15 is 0 Å². The molecule has 1 aliphatic carbocycles. The van der Waals surface area contributed by atoms with Gasteiger partial charge in [-0.1, -0.05) is 48.5 Å². The highest BCUT2D eigenvalue weighted by Gasteiger charge is 2.46. The number of hydrogen-bond acceptors (Lipinski definition) is 7. The van der Waals surface area contributed by atoms with Gasteiger partial charge in [-0.25, -0.2) is 17.5 Å². The molecule has 0 amide bonds. The van der Waals surface area contributed by atoms with Crippen LogP contribution in [0.25, 0.3) is 11.1 Å². The van der Waals surface area contributed by atoms with E-state index in [1.807, 2.05) is 35.2 Å². The molecule has 2 aliphatic rings. The zero-order valence-electron chi connectivity index (χ0n) is 21.4. The van der Waals surface area contributed by atoms with Crippen molar-refractivity contribution >= 4 is 10.0 Å². The number of β-amino-alcohol motifs (C(OH)–C–C–N with tert-alkyl or cyclic N) is 1. The number of rotatable bonds is 3. The van der Waals surface area contributed by atoms with E-state index in [-0.39, 0.29) is 49.0 Å². The number of ether oxygens (including phenoxy) is 1. The van der Waals surface area contributed by atoms with Gasteiger partial charge in [0.2, 0.25) is 10.0 Å². The Labute approximate surface area is 227 Å². The molecule has 4 N–H and O–H groups in total. The van der Waals surface area contributed by atoms with E-state index in [0.717, 1.165) is 16.7 Å². The summed E-state index contributed by atoms with van der Waals surface area (Å²) in [6.45, 7) is 0.648. The number of nitrogens with zero attached hydrogens (tertiary/aromatic N) is 1. The molecule has 1 fully saturated rings. The highest BCUT2D eigenvalue weighted by molar-refractivity contribution is 7.89. The Hall–Kier alpha value is -2.86. The maximum absolute atomic E-state index is 13.5. The molecule has 0 radical (unpaired) electrons. The molecule has 0 aromatic heterocycles. The predicted octanol–water partition coefficient (Wildman–Crippen LogP) is 2.53. The van der Waals surface area contributed by atoms with Gasteiger partial charge in [-0.05, 0) is 53.8 Å². The molecule has 1 heterocycles. The predicted molar refractivity (Wildman–Crippen MR) is 144 cm³/mol. The molecule has 0 bridgehead atoms. The lowest BCUT2D eigenvalue weighted by atomic mass is 9.85. The molecule has 8 nitrogen and oxygen atoms in total. The summed E-state index contributed by atoms with van der Waals surface area (Å²) in [5.41, 5.74) is 1.75. The van der Waals surface area contributed by atoms with Crippen molar-refractivity contribution < 1.29 is 32.9 Å². The highest BCUT2D eigenvalue weighted by Crippen LogP contribution is 2.41. The standard InChI is InChI=1S/C29H33FN2O6S/c30-23-9-6-20(7-10-23)16-32-17-24(33)15-31-39(36,37)28-11-8-22(21-4-2-1-3-5-21)12-27(28)38-19-29(18-32)13-25(34)26(35)14-29/h1-12,24-26,31,33-35H,13-19H2/t24-,25-,26+,29?/m0/s1. The number of aliphatic hydroxyl groups is 3. The van der Waals surface area contributed by atoms with Crippen LogP contribution in [0.2, 0.25) is 0 Å². The van der Waals surface area contributed by atoms with E-state index in [4.69, 9.17) is 4.74 Å². The Morgan fingerprint density at radius 2 is 1.64 bits per heavy atom. The van der Waals surface area contributed by atoms with Crippen LogP contribution in [0.5, 0.6) is 5.75 Å². The van der Waals surface area contributed by atoms with E-state index in [9.17, 15) is 28.1 Å². The average Bonchev–Trinajstić information content (AvgIpc) is 3.20. The molecular formula is C29H33FN2O6S. The van der Waals surface area contributed by atoms with E-state index in [0.29, 0.717) is 13.1 Å². The first-order chi connectivity index (χ1) is 18.6. The van der Waals surface area contributed by atoms with E-state index in [1.165, 1.54) is 18.2 Å². The Kier molecular flexibility index (Phi) is 8.04. The molecule has 1 aliphatic heterocycles. The number of nitrogens with one attached hydrogen (secondary N) is 1. The molecule has 0 saturated heterocycles. The Bertz CT molecular complexity index is 1380. The van der Waals surface area contributed by atoms with E-state index < -0.39 is 33.8 Å². The number of fused-ring (bicyclic) bond motifs is 1. The fourth-order valence-electron chi connectivity index (χ4n) is 5.57. The second-order valence-electron chi connectivity index (χ2n) is 10.7. The lowest BCUT2D eigenvalue weighted by Crippen LogP contribution is -2.46. The van der Waals surface area contributed by atoms with E-state index in [1.54, 1.807) is 24.3 Å². The Morgan fingerprint density at radius 3 is 2.33 bits per heavy atom. The second kappa shape index (κ2) is 11.3. The van der Waals surface area contributed by atoms with Crippen LogP contribution < -0.4 is 9.46 Å². The molecule has 4 atom stereocenters. The first-order valence-electron chi connectivity index (χ1n) is 13.0. The molecule has 10 heteroatoms. The third-order valence-corrected chi connectivity index (χ3v) is 8.92. The fraction of sp³-hybridized carbons (Fsp3) is 0.379. The van der Waals surface area contributed by atoms with Crippen molar-refractivity contribution in [2.45, 2.75) is 42.6 Å². The van der Waals surface area contributed by atoms with Gasteiger partial charge in [-0.15, -0.1) is 0 Å². The quantitative estimate of drug-likeness (QED) is 0.392. The van der Waals surface area contributed by atoms with Crippen molar-refractivity contribution in [2.24, 2.45) is 5.41 Å². The molecular weight excluding hydrogens is 523 g/mol. The van der Waals surface area contributed by atoms with Gasteiger partial charge in [0.1, 0.15) is 16.5 Å². The summed E-state index contributed by atoms with van der Waals surface area (Å²) in [5.74, 6) is -0.207. The molecule has 39 heavy (non-hydrogen) atoms. The third kappa shape index (κ3) is 6.49. The lowest BCUT2D eigenvalue weighted by Gasteiger charge is -2.37. The Balaban J connectivity index is 1.52. The first-order valence-corrected chi connectivity index (χ1v) is 14.4. The molecule has 3 aromatic carbocycles. The number of hydrogen-bond donors (Lipinski definition) is 4. The summed E-state index contributed by atoms with van der Waals surface area (Å²) < 4.78 is 48.8. The first kappa shape index (κ1) is 27.7. The van der Waals surface area contributed by atoms with Crippen molar-refractivity contribution in [3.63, 3.8) is 0 Å². The number of sulfonamides is 1. The van der Waals surface area contributed by atoms with Crippen LogP contribution >= 0.6 is 0 Å². The summed E-state index contributed by atoms with van der Waals surface area (Å²) in [7, 11) is -4.03. The molecule has 1 spiro atoms. The summed E-state index contributed by atoms with van der Waals surface area (Å²) in [5, 5.41) is 31.9. The summed E-state index contributed by atoms with van der Waals surface area (Å²) >= 11 is 0. The third-order valence-electron chi connectivity index (χ3n) is 7.46. The fourth-order valence-corrected chi connectivity index (χ4v) is 6.77. The normalized spacial score (nSPS) is 27.7. The minimum Gasteiger partial charge on any atom is -0.492 e. The van der Waals surface area contributed by atoms with Gasteiger partial charge >= 0.3 is 0 Å². The second-order valence-corrected chi connectivity index (χ2v) is 12.4.